The highest BCUT2D eigenvalue weighted by Gasteiger charge is 2.33. The van der Waals surface area contributed by atoms with Crippen LogP contribution in [0.2, 0.25) is 0 Å². The molecule has 0 aromatic rings. The van der Waals surface area contributed by atoms with Gasteiger partial charge in [0.1, 0.15) is 9.84 Å². The van der Waals surface area contributed by atoms with Crippen LogP contribution >= 0.6 is 11.6 Å². The molecule has 1 aliphatic carbocycles. The summed E-state index contributed by atoms with van der Waals surface area (Å²) in [4.78, 5) is 0. The zero-order valence-corrected chi connectivity index (χ0v) is 14.5. The first-order valence-corrected chi connectivity index (χ1v) is 11.5. The Hall–Kier alpha value is 0.150. The molecule has 0 aromatic carbocycles. The molecular formula is C13H24ClNO4S2. The Morgan fingerprint density at radius 2 is 1.57 bits per heavy atom. The molecular weight excluding hydrogens is 334 g/mol. The highest BCUT2D eigenvalue weighted by atomic mass is 35.5. The lowest BCUT2D eigenvalue weighted by atomic mass is 9.80. The summed E-state index contributed by atoms with van der Waals surface area (Å²) in [6, 6.07) is 0. The van der Waals surface area contributed by atoms with Crippen LogP contribution < -0.4 is 4.72 Å². The van der Waals surface area contributed by atoms with Gasteiger partial charge >= 0.3 is 0 Å². The van der Waals surface area contributed by atoms with Crippen molar-refractivity contribution in [1.82, 2.24) is 4.72 Å². The lowest BCUT2D eigenvalue weighted by Crippen LogP contribution is -2.42. The van der Waals surface area contributed by atoms with Gasteiger partial charge in [-0.2, -0.15) is 0 Å². The first kappa shape index (κ1) is 17.5. The van der Waals surface area contributed by atoms with E-state index in [4.69, 9.17) is 11.6 Å². The molecule has 2 fully saturated rings. The average Bonchev–Trinajstić information content (AvgIpc) is 2.45. The topological polar surface area (TPSA) is 80.3 Å². The second kappa shape index (κ2) is 7.15. The van der Waals surface area contributed by atoms with Crippen LogP contribution in [-0.4, -0.2) is 46.0 Å². The maximum absolute atomic E-state index is 12.3. The van der Waals surface area contributed by atoms with Crippen LogP contribution in [0.1, 0.15) is 38.5 Å². The highest BCUT2D eigenvalue weighted by Crippen LogP contribution is 2.30. The number of halogens is 1. The summed E-state index contributed by atoms with van der Waals surface area (Å²) >= 11 is 5.96. The van der Waals surface area contributed by atoms with Crippen molar-refractivity contribution in [3.05, 3.63) is 0 Å². The van der Waals surface area contributed by atoms with Crippen molar-refractivity contribution >= 4 is 31.5 Å². The standard InChI is InChI=1S/C13H24ClNO4S2/c14-9-11-3-1-2-4-12(11)10-15-21(18,19)13-5-7-20(16,17)8-6-13/h11-13,15H,1-10H2. The third-order valence-electron chi connectivity index (χ3n) is 4.75. The summed E-state index contributed by atoms with van der Waals surface area (Å²) in [7, 11) is -6.46. The van der Waals surface area contributed by atoms with Crippen LogP contribution in [0.4, 0.5) is 0 Å². The smallest absolute Gasteiger partial charge is 0.214 e. The van der Waals surface area contributed by atoms with Gasteiger partial charge in [0.05, 0.1) is 16.8 Å². The predicted octanol–water partition coefficient (Wildman–Crippen LogP) is 1.53. The molecule has 1 N–H and O–H groups in total. The van der Waals surface area contributed by atoms with E-state index in [1.165, 1.54) is 6.42 Å². The van der Waals surface area contributed by atoms with E-state index in [-0.39, 0.29) is 24.3 Å². The fraction of sp³-hybridized carbons (Fsp3) is 1.00. The van der Waals surface area contributed by atoms with Crippen molar-refractivity contribution in [2.45, 2.75) is 43.8 Å². The Morgan fingerprint density at radius 3 is 2.14 bits per heavy atom. The van der Waals surface area contributed by atoms with Gasteiger partial charge in [-0.25, -0.2) is 21.6 Å². The molecule has 0 spiro atoms. The molecule has 21 heavy (non-hydrogen) atoms. The van der Waals surface area contributed by atoms with Gasteiger partial charge in [0.15, 0.2) is 0 Å². The van der Waals surface area contributed by atoms with Crippen LogP contribution in [0.3, 0.4) is 0 Å². The minimum atomic E-state index is -3.42. The van der Waals surface area contributed by atoms with Crippen LogP contribution in [-0.2, 0) is 19.9 Å². The molecule has 1 saturated heterocycles. The molecule has 2 atom stereocenters. The van der Waals surface area contributed by atoms with E-state index < -0.39 is 25.1 Å². The second-order valence-electron chi connectivity index (χ2n) is 6.20. The Balaban J connectivity index is 1.89. The Labute approximate surface area is 132 Å². The summed E-state index contributed by atoms with van der Waals surface area (Å²) in [5.74, 6) is 1.22. The third-order valence-corrected chi connectivity index (χ3v) is 8.78. The van der Waals surface area contributed by atoms with Crippen molar-refractivity contribution in [3.63, 3.8) is 0 Å². The van der Waals surface area contributed by atoms with E-state index in [2.05, 4.69) is 4.72 Å². The second-order valence-corrected chi connectivity index (χ2v) is 10.9. The van der Waals surface area contributed by atoms with Gasteiger partial charge in [-0.15, -0.1) is 11.6 Å². The average molecular weight is 358 g/mol. The van der Waals surface area contributed by atoms with Crippen LogP contribution in [0.5, 0.6) is 0 Å². The summed E-state index contributed by atoms with van der Waals surface area (Å²) in [6.45, 7) is 0.434. The molecule has 1 heterocycles. The van der Waals surface area contributed by atoms with Crippen LogP contribution in [0.15, 0.2) is 0 Å². The van der Waals surface area contributed by atoms with Gasteiger partial charge in [-0.1, -0.05) is 12.8 Å². The fourth-order valence-electron chi connectivity index (χ4n) is 3.28. The molecule has 5 nitrogen and oxygen atoms in total. The number of alkyl halides is 1. The molecule has 2 unspecified atom stereocenters. The van der Waals surface area contributed by atoms with Gasteiger partial charge in [0, 0.05) is 12.4 Å². The normalized spacial score (nSPS) is 31.1. The zero-order chi connectivity index (χ0) is 15.5. The van der Waals surface area contributed by atoms with Gasteiger partial charge in [-0.05, 0) is 37.5 Å². The van der Waals surface area contributed by atoms with E-state index in [1.54, 1.807) is 0 Å². The maximum Gasteiger partial charge on any atom is 0.214 e. The minimum absolute atomic E-state index is 0.0215. The number of rotatable bonds is 5. The molecule has 0 radical (unpaired) electrons. The van der Waals surface area contributed by atoms with Crippen molar-refractivity contribution in [2.75, 3.05) is 23.9 Å². The molecule has 0 bridgehead atoms. The fourth-order valence-corrected chi connectivity index (χ4v) is 7.01. The Morgan fingerprint density at radius 1 is 1.00 bits per heavy atom. The Kier molecular flexibility index (Phi) is 5.96. The largest absolute Gasteiger partial charge is 0.229 e. The summed E-state index contributed by atoms with van der Waals surface area (Å²) < 4.78 is 50.1. The molecule has 1 saturated carbocycles. The summed E-state index contributed by atoms with van der Waals surface area (Å²) in [5, 5.41) is -0.570. The van der Waals surface area contributed by atoms with E-state index in [9.17, 15) is 16.8 Å². The number of sulfonamides is 1. The Bertz CT molecular complexity index is 533. The van der Waals surface area contributed by atoms with Crippen molar-refractivity contribution in [2.24, 2.45) is 11.8 Å². The molecule has 0 amide bonds. The van der Waals surface area contributed by atoms with Gasteiger partial charge in [0.25, 0.3) is 0 Å². The molecule has 1 aliphatic heterocycles. The summed E-state index contributed by atoms with van der Waals surface area (Å²) in [6.07, 6.45) is 4.79. The molecule has 2 aliphatic rings. The van der Waals surface area contributed by atoms with Gasteiger partial charge in [-0.3, -0.25) is 0 Å². The van der Waals surface area contributed by atoms with Crippen molar-refractivity contribution < 1.29 is 16.8 Å². The first-order chi connectivity index (χ1) is 9.84. The predicted molar refractivity (Wildman–Crippen MR) is 84.8 cm³/mol. The molecule has 124 valence electrons. The third kappa shape index (κ3) is 4.81. The van der Waals surface area contributed by atoms with E-state index in [1.807, 2.05) is 0 Å². The number of nitrogens with one attached hydrogen (secondary N) is 1. The van der Waals surface area contributed by atoms with Crippen LogP contribution in [0, 0.1) is 11.8 Å². The molecule has 2 rings (SSSR count). The molecule has 8 heteroatoms. The van der Waals surface area contributed by atoms with Crippen molar-refractivity contribution in [3.8, 4) is 0 Å². The van der Waals surface area contributed by atoms with E-state index in [0.29, 0.717) is 24.3 Å². The number of hydrogen-bond acceptors (Lipinski definition) is 4. The van der Waals surface area contributed by atoms with Crippen LogP contribution in [0.25, 0.3) is 0 Å². The van der Waals surface area contributed by atoms with Gasteiger partial charge in [0.2, 0.25) is 10.0 Å². The molecule has 0 aromatic heterocycles. The maximum atomic E-state index is 12.3. The zero-order valence-electron chi connectivity index (χ0n) is 12.1. The SMILES string of the molecule is O=S1(=O)CCC(S(=O)(=O)NCC2CCCCC2CCl)CC1. The lowest BCUT2D eigenvalue weighted by Gasteiger charge is -2.31. The minimum Gasteiger partial charge on any atom is -0.229 e. The first-order valence-electron chi connectivity index (χ1n) is 7.59. The van der Waals surface area contributed by atoms with Crippen molar-refractivity contribution in [1.29, 1.82) is 0 Å². The quantitative estimate of drug-likeness (QED) is 0.756. The monoisotopic (exact) mass is 357 g/mol. The van der Waals surface area contributed by atoms with E-state index in [0.717, 1.165) is 19.3 Å². The van der Waals surface area contributed by atoms with Gasteiger partial charge < -0.3 is 0 Å². The summed E-state index contributed by atoms with van der Waals surface area (Å²) in [5.41, 5.74) is 0. The number of sulfone groups is 1. The highest BCUT2D eigenvalue weighted by molar-refractivity contribution is 7.92. The van der Waals surface area contributed by atoms with E-state index >= 15 is 0 Å². The number of hydrogen-bond donors (Lipinski definition) is 1. The lowest BCUT2D eigenvalue weighted by molar-refractivity contribution is 0.260.